The van der Waals surface area contributed by atoms with Crippen LogP contribution < -0.4 is 0 Å². The van der Waals surface area contributed by atoms with Gasteiger partial charge in [-0.2, -0.15) is 0 Å². The topological polar surface area (TPSA) is 57.5 Å². The number of hydrogen-bond donors (Lipinski definition) is 2. The summed E-state index contributed by atoms with van der Waals surface area (Å²) in [5, 5.41) is 17.6. The van der Waals surface area contributed by atoms with Crippen LogP contribution >= 0.6 is 0 Å². The van der Waals surface area contributed by atoms with Crippen LogP contribution in [0, 0.1) is 0 Å². The molecule has 2 N–H and O–H groups in total. The molecular formula is C12H16O3. The van der Waals surface area contributed by atoms with E-state index in [1.54, 1.807) is 12.1 Å². The first-order chi connectivity index (χ1) is 7.22. The van der Waals surface area contributed by atoms with Crippen LogP contribution in [-0.2, 0) is 11.2 Å². The summed E-state index contributed by atoms with van der Waals surface area (Å²) in [5.74, 6) is 0.176. The van der Waals surface area contributed by atoms with Crippen molar-refractivity contribution in [2.24, 2.45) is 0 Å². The van der Waals surface area contributed by atoms with Gasteiger partial charge in [0.1, 0.15) is 12.4 Å². The Balaban J connectivity index is 2.20. The van der Waals surface area contributed by atoms with E-state index in [-0.39, 0.29) is 18.1 Å². The molecule has 0 aliphatic rings. The van der Waals surface area contributed by atoms with Crippen LogP contribution in [0.1, 0.15) is 24.8 Å². The zero-order chi connectivity index (χ0) is 11.1. The SMILES string of the molecule is O=C(CO)CCCCc1ccc(O)cc1. The van der Waals surface area contributed by atoms with Crippen molar-refractivity contribution in [1.29, 1.82) is 0 Å². The summed E-state index contributed by atoms with van der Waals surface area (Å²) in [5.41, 5.74) is 1.16. The van der Waals surface area contributed by atoms with Gasteiger partial charge in [0.25, 0.3) is 0 Å². The predicted octanol–water partition coefficient (Wildman–Crippen LogP) is 1.67. The van der Waals surface area contributed by atoms with Crippen LogP contribution in [0.25, 0.3) is 0 Å². The smallest absolute Gasteiger partial charge is 0.158 e. The predicted molar refractivity (Wildman–Crippen MR) is 57.8 cm³/mol. The van der Waals surface area contributed by atoms with Gasteiger partial charge in [0.15, 0.2) is 5.78 Å². The van der Waals surface area contributed by atoms with Crippen molar-refractivity contribution in [2.45, 2.75) is 25.7 Å². The lowest BCUT2D eigenvalue weighted by molar-refractivity contribution is -0.121. The highest BCUT2D eigenvalue weighted by atomic mass is 16.3. The molecule has 1 aromatic carbocycles. The molecule has 82 valence electrons. The van der Waals surface area contributed by atoms with Gasteiger partial charge in [-0.05, 0) is 37.0 Å². The van der Waals surface area contributed by atoms with Gasteiger partial charge in [-0.3, -0.25) is 4.79 Å². The minimum atomic E-state index is -0.348. The van der Waals surface area contributed by atoms with Crippen molar-refractivity contribution in [1.82, 2.24) is 0 Å². The third kappa shape index (κ3) is 4.61. The Hall–Kier alpha value is -1.35. The van der Waals surface area contributed by atoms with E-state index < -0.39 is 0 Å². The number of phenolic OH excluding ortho intramolecular Hbond substituents is 1. The number of aliphatic hydroxyl groups excluding tert-OH is 1. The van der Waals surface area contributed by atoms with Crippen molar-refractivity contribution < 1.29 is 15.0 Å². The Morgan fingerprint density at radius 3 is 2.40 bits per heavy atom. The molecule has 0 radical (unpaired) electrons. The zero-order valence-corrected chi connectivity index (χ0v) is 8.65. The molecule has 0 fully saturated rings. The van der Waals surface area contributed by atoms with E-state index in [0.29, 0.717) is 6.42 Å². The minimum absolute atomic E-state index is 0.0966. The Kier molecular flexibility index (Phi) is 4.84. The Morgan fingerprint density at radius 2 is 1.80 bits per heavy atom. The van der Waals surface area contributed by atoms with Gasteiger partial charge in [-0.1, -0.05) is 12.1 Å². The highest BCUT2D eigenvalue weighted by Crippen LogP contribution is 2.12. The monoisotopic (exact) mass is 208 g/mol. The van der Waals surface area contributed by atoms with Gasteiger partial charge in [-0.25, -0.2) is 0 Å². The van der Waals surface area contributed by atoms with E-state index in [1.165, 1.54) is 0 Å². The van der Waals surface area contributed by atoms with Gasteiger partial charge in [0.2, 0.25) is 0 Å². The molecule has 15 heavy (non-hydrogen) atoms. The fraction of sp³-hybridized carbons (Fsp3) is 0.417. The maximum atomic E-state index is 10.8. The summed E-state index contributed by atoms with van der Waals surface area (Å²) < 4.78 is 0. The van der Waals surface area contributed by atoms with Gasteiger partial charge in [0.05, 0.1) is 0 Å². The van der Waals surface area contributed by atoms with Crippen LogP contribution in [0.3, 0.4) is 0 Å². The number of hydrogen-bond acceptors (Lipinski definition) is 3. The van der Waals surface area contributed by atoms with E-state index in [1.807, 2.05) is 12.1 Å². The number of carbonyl (C=O) groups excluding carboxylic acids is 1. The van der Waals surface area contributed by atoms with Gasteiger partial charge >= 0.3 is 0 Å². The van der Waals surface area contributed by atoms with E-state index in [2.05, 4.69) is 0 Å². The number of aromatic hydroxyl groups is 1. The van der Waals surface area contributed by atoms with Crippen LogP contribution in [-0.4, -0.2) is 22.6 Å². The molecule has 0 aliphatic carbocycles. The van der Waals surface area contributed by atoms with Crippen LogP contribution in [0.5, 0.6) is 5.75 Å². The molecule has 0 amide bonds. The highest BCUT2D eigenvalue weighted by molar-refractivity contribution is 5.79. The molecular weight excluding hydrogens is 192 g/mol. The molecule has 0 heterocycles. The van der Waals surface area contributed by atoms with Crippen molar-refractivity contribution in [3.05, 3.63) is 29.8 Å². The minimum Gasteiger partial charge on any atom is -0.508 e. The van der Waals surface area contributed by atoms with Crippen LogP contribution in [0.15, 0.2) is 24.3 Å². The third-order valence-corrected chi connectivity index (χ3v) is 2.28. The van der Waals surface area contributed by atoms with Gasteiger partial charge in [-0.15, -0.1) is 0 Å². The standard InChI is InChI=1S/C12H16O3/c13-9-12(15)4-2-1-3-10-5-7-11(14)8-6-10/h5-8,13-14H,1-4,9H2. The Bertz CT molecular complexity index is 303. The normalized spacial score (nSPS) is 10.2. The number of unbranched alkanes of at least 4 members (excludes halogenated alkanes) is 1. The van der Waals surface area contributed by atoms with E-state index >= 15 is 0 Å². The first kappa shape index (κ1) is 11.7. The molecule has 0 saturated heterocycles. The second-order valence-corrected chi connectivity index (χ2v) is 3.57. The summed E-state index contributed by atoms with van der Waals surface area (Å²) >= 11 is 0. The number of Topliss-reactive ketones (excluding diaryl/α,β-unsaturated/α-hetero) is 1. The molecule has 0 aromatic heterocycles. The lowest BCUT2D eigenvalue weighted by atomic mass is 10.1. The fourth-order valence-electron chi connectivity index (χ4n) is 1.39. The Morgan fingerprint density at radius 1 is 1.13 bits per heavy atom. The number of aliphatic hydroxyl groups is 1. The molecule has 3 heteroatoms. The highest BCUT2D eigenvalue weighted by Gasteiger charge is 1.99. The lowest BCUT2D eigenvalue weighted by Crippen LogP contribution is -2.02. The number of phenols is 1. The van der Waals surface area contributed by atoms with Crippen molar-refractivity contribution in [3.8, 4) is 5.75 Å². The van der Waals surface area contributed by atoms with Crippen LogP contribution in [0.2, 0.25) is 0 Å². The van der Waals surface area contributed by atoms with Crippen molar-refractivity contribution in [3.63, 3.8) is 0 Å². The van der Waals surface area contributed by atoms with E-state index in [4.69, 9.17) is 10.2 Å². The van der Waals surface area contributed by atoms with Crippen LogP contribution in [0.4, 0.5) is 0 Å². The maximum absolute atomic E-state index is 10.8. The van der Waals surface area contributed by atoms with Gasteiger partial charge < -0.3 is 10.2 Å². The third-order valence-electron chi connectivity index (χ3n) is 2.28. The van der Waals surface area contributed by atoms with Crippen molar-refractivity contribution in [2.75, 3.05) is 6.61 Å². The largest absolute Gasteiger partial charge is 0.508 e. The number of benzene rings is 1. The molecule has 0 spiro atoms. The molecule has 0 aliphatic heterocycles. The maximum Gasteiger partial charge on any atom is 0.158 e. The molecule has 1 rings (SSSR count). The lowest BCUT2D eigenvalue weighted by Gasteiger charge is -2.01. The number of aryl methyl sites for hydroxylation is 1. The number of rotatable bonds is 6. The molecule has 3 nitrogen and oxygen atoms in total. The fourth-order valence-corrected chi connectivity index (χ4v) is 1.39. The summed E-state index contributed by atoms with van der Waals surface area (Å²) in [7, 11) is 0. The van der Waals surface area contributed by atoms with Crippen molar-refractivity contribution >= 4 is 5.78 Å². The Labute approximate surface area is 89.4 Å². The van der Waals surface area contributed by atoms with E-state index in [9.17, 15) is 4.79 Å². The second kappa shape index (κ2) is 6.19. The molecule has 0 unspecified atom stereocenters. The zero-order valence-electron chi connectivity index (χ0n) is 8.65. The van der Waals surface area contributed by atoms with E-state index in [0.717, 1.165) is 24.8 Å². The average molecular weight is 208 g/mol. The molecule has 0 bridgehead atoms. The second-order valence-electron chi connectivity index (χ2n) is 3.57. The number of ketones is 1. The first-order valence-electron chi connectivity index (χ1n) is 5.13. The quantitative estimate of drug-likeness (QED) is 0.699. The summed E-state index contributed by atoms with van der Waals surface area (Å²) in [6.07, 6.45) is 3.09. The summed E-state index contributed by atoms with van der Waals surface area (Å²) in [6.45, 7) is -0.348. The average Bonchev–Trinajstić information content (AvgIpc) is 2.26. The molecule has 0 saturated carbocycles. The molecule has 0 atom stereocenters. The van der Waals surface area contributed by atoms with Gasteiger partial charge in [0, 0.05) is 6.42 Å². The summed E-state index contributed by atoms with van der Waals surface area (Å²) in [4.78, 5) is 10.8. The first-order valence-corrected chi connectivity index (χ1v) is 5.13. The molecule has 1 aromatic rings. The summed E-state index contributed by atoms with van der Waals surface area (Å²) in [6, 6.07) is 7.08. The number of carbonyl (C=O) groups is 1.